The SMILES string of the molecule is COc1cc2nccc(Oc3ccc4nc(NC(=O)Cc5nc(C)sc5C)sc4c3)c2cc1OC. The fraction of sp³-hybridized carbons (Fsp3) is 0.200. The molecule has 0 bridgehead atoms. The molecule has 178 valence electrons. The summed E-state index contributed by atoms with van der Waals surface area (Å²) in [5, 5.41) is 5.19. The van der Waals surface area contributed by atoms with Crippen molar-refractivity contribution < 1.29 is 19.0 Å². The normalized spacial score (nSPS) is 11.1. The lowest BCUT2D eigenvalue weighted by Crippen LogP contribution is -2.14. The number of pyridine rings is 1. The molecule has 8 nitrogen and oxygen atoms in total. The highest BCUT2D eigenvalue weighted by Crippen LogP contribution is 2.38. The summed E-state index contributed by atoms with van der Waals surface area (Å²) >= 11 is 2.99. The van der Waals surface area contributed by atoms with Crippen molar-refractivity contribution in [1.82, 2.24) is 15.0 Å². The second-order valence-electron chi connectivity index (χ2n) is 7.74. The molecule has 35 heavy (non-hydrogen) atoms. The molecule has 3 heterocycles. The number of aromatic nitrogens is 3. The number of hydrogen-bond acceptors (Lipinski definition) is 9. The Bertz CT molecular complexity index is 1560. The number of thiazole rings is 2. The van der Waals surface area contributed by atoms with Crippen molar-refractivity contribution in [2.45, 2.75) is 20.3 Å². The van der Waals surface area contributed by atoms with Gasteiger partial charge in [-0.15, -0.1) is 11.3 Å². The number of aryl methyl sites for hydroxylation is 2. The molecule has 5 rings (SSSR count). The van der Waals surface area contributed by atoms with Crippen molar-refractivity contribution in [3.05, 3.63) is 58.2 Å². The van der Waals surface area contributed by atoms with Gasteiger partial charge in [-0.2, -0.15) is 0 Å². The number of benzene rings is 2. The van der Waals surface area contributed by atoms with E-state index in [1.165, 1.54) is 11.3 Å². The van der Waals surface area contributed by atoms with Crippen LogP contribution in [0, 0.1) is 13.8 Å². The summed E-state index contributed by atoms with van der Waals surface area (Å²) in [6.07, 6.45) is 1.91. The van der Waals surface area contributed by atoms with Crippen LogP contribution >= 0.6 is 22.7 Å². The van der Waals surface area contributed by atoms with Gasteiger partial charge in [0.2, 0.25) is 5.91 Å². The maximum Gasteiger partial charge on any atom is 0.232 e. The number of rotatable bonds is 7. The molecule has 0 unspecified atom stereocenters. The highest BCUT2D eigenvalue weighted by atomic mass is 32.1. The number of fused-ring (bicyclic) bond motifs is 2. The first-order valence-electron chi connectivity index (χ1n) is 10.8. The number of amides is 1. The Hall–Kier alpha value is -3.76. The number of hydrogen-bond donors (Lipinski definition) is 1. The topological polar surface area (TPSA) is 95.5 Å². The zero-order valence-electron chi connectivity index (χ0n) is 19.5. The summed E-state index contributed by atoms with van der Waals surface area (Å²) in [5.41, 5.74) is 2.32. The van der Waals surface area contributed by atoms with Gasteiger partial charge in [0, 0.05) is 28.6 Å². The predicted molar refractivity (Wildman–Crippen MR) is 138 cm³/mol. The number of anilines is 1. The van der Waals surface area contributed by atoms with E-state index in [4.69, 9.17) is 14.2 Å². The van der Waals surface area contributed by atoms with Gasteiger partial charge < -0.3 is 19.5 Å². The van der Waals surface area contributed by atoms with E-state index in [-0.39, 0.29) is 12.3 Å². The molecule has 0 aliphatic heterocycles. The van der Waals surface area contributed by atoms with E-state index in [0.717, 1.165) is 36.7 Å². The van der Waals surface area contributed by atoms with Crippen LogP contribution in [0.25, 0.3) is 21.1 Å². The van der Waals surface area contributed by atoms with Crippen LogP contribution in [0.3, 0.4) is 0 Å². The summed E-state index contributed by atoms with van der Waals surface area (Å²) in [4.78, 5) is 27.0. The molecule has 0 aliphatic rings. The average Bonchev–Trinajstić information content (AvgIpc) is 3.38. The Morgan fingerprint density at radius 3 is 2.49 bits per heavy atom. The van der Waals surface area contributed by atoms with Crippen LogP contribution in [-0.4, -0.2) is 35.1 Å². The summed E-state index contributed by atoms with van der Waals surface area (Å²) in [6, 6.07) is 11.1. The first kappa shape index (κ1) is 23.0. The molecule has 1 N–H and O–H groups in total. The molecule has 0 atom stereocenters. The van der Waals surface area contributed by atoms with Crippen LogP contribution < -0.4 is 19.5 Å². The molecule has 0 saturated carbocycles. The van der Waals surface area contributed by atoms with Crippen LogP contribution in [0.5, 0.6) is 23.0 Å². The van der Waals surface area contributed by atoms with E-state index in [1.807, 2.05) is 44.2 Å². The number of ether oxygens (including phenoxy) is 3. The Labute approximate surface area is 209 Å². The Kier molecular flexibility index (Phi) is 6.23. The smallest absolute Gasteiger partial charge is 0.232 e. The molecule has 10 heteroatoms. The number of nitrogens with one attached hydrogen (secondary N) is 1. The van der Waals surface area contributed by atoms with Crippen LogP contribution in [0.1, 0.15) is 15.6 Å². The van der Waals surface area contributed by atoms with Gasteiger partial charge in [0.1, 0.15) is 11.5 Å². The summed E-state index contributed by atoms with van der Waals surface area (Å²) < 4.78 is 17.9. The highest BCUT2D eigenvalue weighted by Gasteiger charge is 2.15. The molecular formula is C25H22N4O4S2. The van der Waals surface area contributed by atoms with E-state index in [1.54, 1.807) is 37.8 Å². The standard InChI is InChI=1S/C25H22N4O4S2/c1-13-18(27-14(2)34-13)12-24(30)29-25-28-17-6-5-15(9-23(17)35-25)33-20-7-8-26-19-11-22(32-4)21(31-3)10-16(19)20/h5-11H,12H2,1-4H3,(H,28,29,30). The van der Waals surface area contributed by atoms with Crippen LogP contribution in [0.15, 0.2) is 42.6 Å². The lowest BCUT2D eigenvalue weighted by Gasteiger charge is -2.12. The van der Waals surface area contributed by atoms with Crippen molar-refractivity contribution in [1.29, 1.82) is 0 Å². The Morgan fingerprint density at radius 2 is 1.74 bits per heavy atom. The molecule has 1 amide bonds. The van der Waals surface area contributed by atoms with Gasteiger partial charge in [0.25, 0.3) is 0 Å². The van der Waals surface area contributed by atoms with Crippen molar-refractivity contribution >= 4 is 54.8 Å². The quantitative estimate of drug-likeness (QED) is 0.293. The molecule has 0 saturated heterocycles. The van der Waals surface area contributed by atoms with Crippen molar-refractivity contribution in [2.24, 2.45) is 0 Å². The minimum Gasteiger partial charge on any atom is -0.493 e. The predicted octanol–water partition coefficient (Wildman–Crippen LogP) is 5.91. The average molecular weight is 507 g/mol. The number of carbonyl (C=O) groups is 1. The van der Waals surface area contributed by atoms with Gasteiger partial charge >= 0.3 is 0 Å². The van der Waals surface area contributed by atoms with Gasteiger partial charge in [-0.25, -0.2) is 9.97 Å². The molecule has 2 aromatic carbocycles. The van der Waals surface area contributed by atoms with Crippen LogP contribution in [0.2, 0.25) is 0 Å². The number of methoxy groups -OCH3 is 2. The molecule has 0 radical (unpaired) electrons. The molecular weight excluding hydrogens is 484 g/mol. The van der Waals surface area contributed by atoms with E-state index < -0.39 is 0 Å². The van der Waals surface area contributed by atoms with E-state index in [9.17, 15) is 4.79 Å². The van der Waals surface area contributed by atoms with E-state index in [0.29, 0.717) is 28.1 Å². The second kappa shape index (κ2) is 9.47. The van der Waals surface area contributed by atoms with Gasteiger partial charge in [0.15, 0.2) is 16.6 Å². The zero-order chi connectivity index (χ0) is 24.5. The van der Waals surface area contributed by atoms with Gasteiger partial charge in [-0.05, 0) is 38.1 Å². The highest BCUT2D eigenvalue weighted by molar-refractivity contribution is 7.22. The van der Waals surface area contributed by atoms with Crippen molar-refractivity contribution in [3.63, 3.8) is 0 Å². The van der Waals surface area contributed by atoms with Crippen molar-refractivity contribution in [3.8, 4) is 23.0 Å². The minimum atomic E-state index is -0.137. The number of nitrogens with zero attached hydrogens (tertiary/aromatic N) is 3. The first-order valence-corrected chi connectivity index (χ1v) is 12.4. The summed E-state index contributed by atoms with van der Waals surface area (Å²) in [6.45, 7) is 3.92. The lowest BCUT2D eigenvalue weighted by atomic mass is 10.2. The molecule has 0 fully saturated rings. The molecule has 5 aromatic rings. The fourth-order valence-electron chi connectivity index (χ4n) is 3.74. The van der Waals surface area contributed by atoms with Crippen molar-refractivity contribution in [2.75, 3.05) is 19.5 Å². The largest absolute Gasteiger partial charge is 0.493 e. The van der Waals surface area contributed by atoms with Gasteiger partial charge in [-0.3, -0.25) is 9.78 Å². The molecule has 0 spiro atoms. The maximum atomic E-state index is 12.5. The minimum absolute atomic E-state index is 0.137. The lowest BCUT2D eigenvalue weighted by molar-refractivity contribution is -0.115. The number of carbonyl (C=O) groups excluding carboxylic acids is 1. The van der Waals surface area contributed by atoms with E-state index in [2.05, 4.69) is 20.3 Å². The third-order valence-corrected chi connectivity index (χ3v) is 7.23. The Balaban J connectivity index is 1.37. The zero-order valence-corrected chi connectivity index (χ0v) is 21.2. The van der Waals surface area contributed by atoms with Crippen LogP contribution in [0.4, 0.5) is 5.13 Å². The first-order chi connectivity index (χ1) is 16.9. The Morgan fingerprint density at radius 1 is 0.943 bits per heavy atom. The third-order valence-electron chi connectivity index (χ3n) is 5.37. The molecule has 0 aliphatic carbocycles. The fourth-order valence-corrected chi connectivity index (χ4v) is 5.48. The summed E-state index contributed by atoms with van der Waals surface area (Å²) in [7, 11) is 3.18. The maximum absolute atomic E-state index is 12.5. The van der Waals surface area contributed by atoms with Crippen LogP contribution in [-0.2, 0) is 11.2 Å². The van der Waals surface area contributed by atoms with Gasteiger partial charge in [0.05, 0.1) is 47.1 Å². The molecule has 3 aromatic heterocycles. The monoisotopic (exact) mass is 506 g/mol. The second-order valence-corrected chi connectivity index (χ2v) is 10.2. The third kappa shape index (κ3) is 4.75. The van der Waals surface area contributed by atoms with E-state index >= 15 is 0 Å². The summed E-state index contributed by atoms with van der Waals surface area (Å²) in [5.74, 6) is 2.35. The van der Waals surface area contributed by atoms with Gasteiger partial charge in [-0.1, -0.05) is 11.3 Å².